The highest BCUT2D eigenvalue weighted by molar-refractivity contribution is 7.89. The van der Waals surface area contributed by atoms with Crippen LogP contribution >= 0.6 is 0 Å². The van der Waals surface area contributed by atoms with Crippen LogP contribution in [0.3, 0.4) is 0 Å². The molecule has 2 heterocycles. The molecule has 24 heavy (non-hydrogen) atoms. The minimum Gasteiger partial charge on any atom is -0.342 e. The van der Waals surface area contributed by atoms with Crippen LogP contribution < -0.4 is 5.73 Å². The maximum Gasteiger partial charge on any atom is 0.243 e. The first-order valence-corrected chi connectivity index (χ1v) is 9.95. The average Bonchev–Trinajstić information content (AvgIpc) is 2.76. The minimum absolute atomic E-state index is 0.0676. The van der Waals surface area contributed by atoms with E-state index in [-0.39, 0.29) is 11.9 Å². The molecule has 1 atom stereocenters. The van der Waals surface area contributed by atoms with Crippen molar-refractivity contribution in [3.8, 4) is 0 Å². The molecule has 0 radical (unpaired) electrons. The number of piperidine rings is 1. The SMILES string of the molecule is CC(=O)N1CCc2ccc(S(=O)(=O)N3CCCC(N)C3)cc2CC1. The summed E-state index contributed by atoms with van der Waals surface area (Å²) in [5.74, 6) is 0.0676. The number of carbonyl (C=O) groups excluding carboxylic acids is 1. The molecular formula is C17H25N3O3S. The molecule has 7 heteroatoms. The van der Waals surface area contributed by atoms with E-state index in [2.05, 4.69) is 0 Å². The van der Waals surface area contributed by atoms with Crippen molar-refractivity contribution < 1.29 is 13.2 Å². The second-order valence-corrected chi connectivity index (χ2v) is 8.64. The Kier molecular flexibility index (Phi) is 4.94. The van der Waals surface area contributed by atoms with Crippen molar-refractivity contribution in [3.63, 3.8) is 0 Å². The van der Waals surface area contributed by atoms with Crippen molar-refractivity contribution in [2.45, 2.75) is 43.5 Å². The van der Waals surface area contributed by atoms with Gasteiger partial charge in [0.1, 0.15) is 0 Å². The lowest BCUT2D eigenvalue weighted by Crippen LogP contribution is -2.45. The van der Waals surface area contributed by atoms with Crippen molar-refractivity contribution in [3.05, 3.63) is 29.3 Å². The molecule has 2 aliphatic rings. The van der Waals surface area contributed by atoms with Gasteiger partial charge < -0.3 is 10.6 Å². The Balaban J connectivity index is 1.85. The van der Waals surface area contributed by atoms with E-state index in [4.69, 9.17) is 5.73 Å². The van der Waals surface area contributed by atoms with Gasteiger partial charge in [0.25, 0.3) is 0 Å². The van der Waals surface area contributed by atoms with Gasteiger partial charge in [0.15, 0.2) is 0 Å². The second kappa shape index (κ2) is 6.82. The van der Waals surface area contributed by atoms with Gasteiger partial charge in [0.2, 0.25) is 15.9 Å². The van der Waals surface area contributed by atoms with Crippen LogP contribution in [0.2, 0.25) is 0 Å². The zero-order valence-corrected chi connectivity index (χ0v) is 14.9. The molecule has 132 valence electrons. The van der Waals surface area contributed by atoms with E-state index in [0.29, 0.717) is 37.5 Å². The quantitative estimate of drug-likeness (QED) is 0.852. The van der Waals surface area contributed by atoms with E-state index >= 15 is 0 Å². The van der Waals surface area contributed by atoms with Crippen molar-refractivity contribution >= 4 is 15.9 Å². The maximum absolute atomic E-state index is 12.9. The molecule has 1 fully saturated rings. The normalized spacial score (nSPS) is 22.8. The summed E-state index contributed by atoms with van der Waals surface area (Å²) >= 11 is 0. The molecule has 0 aromatic heterocycles. The number of nitrogens with two attached hydrogens (primary N) is 1. The molecule has 0 aliphatic carbocycles. The number of benzene rings is 1. The summed E-state index contributed by atoms with van der Waals surface area (Å²) in [5, 5.41) is 0. The summed E-state index contributed by atoms with van der Waals surface area (Å²) in [6, 6.07) is 5.29. The molecule has 1 unspecified atom stereocenters. The van der Waals surface area contributed by atoms with Gasteiger partial charge in [-0.05, 0) is 48.9 Å². The Labute approximate surface area is 143 Å². The third kappa shape index (κ3) is 3.48. The van der Waals surface area contributed by atoms with Crippen LogP contribution in [-0.4, -0.2) is 55.8 Å². The van der Waals surface area contributed by atoms with Crippen molar-refractivity contribution in [1.82, 2.24) is 9.21 Å². The van der Waals surface area contributed by atoms with Gasteiger partial charge in [-0.1, -0.05) is 6.07 Å². The Bertz CT molecular complexity index is 733. The van der Waals surface area contributed by atoms with Gasteiger partial charge in [0.05, 0.1) is 4.90 Å². The first kappa shape index (κ1) is 17.4. The summed E-state index contributed by atoms with van der Waals surface area (Å²) in [5.41, 5.74) is 8.09. The van der Waals surface area contributed by atoms with Crippen LogP contribution in [-0.2, 0) is 27.7 Å². The zero-order valence-electron chi connectivity index (χ0n) is 14.1. The Hall–Kier alpha value is -1.44. The summed E-state index contributed by atoms with van der Waals surface area (Å²) in [4.78, 5) is 13.7. The number of rotatable bonds is 2. The van der Waals surface area contributed by atoms with Gasteiger partial charge in [-0.3, -0.25) is 4.79 Å². The number of carbonyl (C=O) groups is 1. The van der Waals surface area contributed by atoms with Gasteiger partial charge in [-0.2, -0.15) is 4.31 Å². The molecule has 6 nitrogen and oxygen atoms in total. The summed E-state index contributed by atoms with van der Waals surface area (Å²) < 4.78 is 27.3. The highest BCUT2D eigenvalue weighted by Crippen LogP contribution is 2.24. The van der Waals surface area contributed by atoms with Crippen LogP contribution in [0.5, 0.6) is 0 Å². The molecule has 0 spiro atoms. The van der Waals surface area contributed by atoms with E-state index in [0.717, 1.165) is 30.4 Å². The average molecular weight is 351 g/mol. The van der Waals surface area contributed by atoms with E-state index in [1.807, 2.05) is 11.0 Å². The fourth-order valence-corrected chi connectivity index (χ4v) is 5.10. The van der Waals surface area contributed by atoms with E-state index in [9.17, 15) is 13.2 Å². The largest absolute Gasteiger partial charge is 0.342 e. The molecule has 0 saturated carbocycles. The number of sulfonamides is 1. The Morgan fingerprint density at radius 2 is 1.88 bits per heavy atom. The highest BCUT2D eigenvalue weighted by Gasteiger charge is 2.29. The second-order valence-electron chi connectivity index (χ2n) is 6.70. The number of fused-ring (bicyclic) bond motifs is 1. The third-order valence-corrected chi connectivity index (χ3v) is 6.84. The number of nitrogens with zero attached hydrogens (tertiary/aromatic N) is 2. The predicted octanol–water partition coefficient (Wildman–Crippen LogP) is 0.746. The van der Waals surface area contributed by atoms with E-state index < -0.39 is 10.0 Å². The maximum atomic E-state index is 12.9. The van der Waals surface area contributed by atoms with Gasteiger partial charge >= 0.3 is 0 Å². The molecular weight excluding hydrogens is 326 g/mol. The Morgan fingerprint density at radius 1 is 1.17 bits per heavy atom. The lowest BCUT2D eigenvalue weighted by atomic mass is 10.0. The van der Waals surface area contributed by atoms with Gasteiger partial charge in [-0.25, -0.2) is 8.42 Å². The fraction of sp³-hybridized carbons (Fsp3) is 0.588. The topological polar surface area (TPSA) is 83.7 Å². The fourth-order valence-electron chi connectivity index (χ4n) is 3.52. The van der Waals surface area contributed by atoms with E-state index in [1.54, 1.807) is 19.1 Å². The van der Waals surface area contributed by atoms with Crippen molar-refractivity contribution in [1.29, 1.82) is 0 Å². The summed E-state index contributed by atoms with van der Waals surface area (Å²) in [6.45, 7) is 3.82. The predicted molar refractivity (Wildman–Crippen MR) is 92.1 cm³/mol. The molecule has 1 aromatic rings. The Morgan fingerprint density at radius 3 is 2.54 bits per heavy atom. The zero-order chi connectivity index (χ0) is 17.3. The van der Waals surface area contributed by atoms with Crippen molar-refractivity contribution in [2.75, 3.05) is 26.2 Å². The lowest BCUT2D eigenvalue weighted by molar-refractivity contribution is -0.128. The smallest absolute Gasteiger partial charge is 0.243 e. The number of amides is 1. The molecule has 1 saturated heterocycles. The molecule has 1 aromatic carbocycles. The van der Waals surface area contributed by atoms with Gasteiger partial charge in [0, 0.05) is 39.1 Å². The molecule has 3 rings (SSSR count). The third-order valence-electron chi connectivity index (χ3n) is 4.98. The first-order chi connectivity index (χ1) is 11.4. The minimum atomic E-state index is -3.50. The molecule has 2 N–H and O–H groups in total. The first-order valence-electron chi connectivity index (χ1n) is 8.51. The number of hydrogen-bond acceptors (Lipinski definition) is 4. The van der Waals surface area contributed by atoms with Crippen LogP contribution in [0.4, 0.5) is 0 Å². The van der Waals surface area contributed by atoms with Crippen LogP contribution in [0.1, 0.15) is 30.9 Å². The van der Waals surface area contributed by atoms with Crippen LogP contribution in [0.15, 0.2) is 23.1 Å². The van der Waals surface area contributed by atoms with Crippen molar-refractivity contribution in [2.24, 2.45) is 5.73 Å². The number of hydrogen-bond donors (Lipinski definition) is 1. The molecule has 2 aliphatic heterocycles. The molecule has 0 bridgehead atoms. The monoisotopic (exact) mass is 351 g/mol. The summed E-state index contributed by atoms with van der Waals surface area (Å²) in [6.07, 6.45) is 3.14. The lowest BCUT2D eigenvalue weighted by Gasteiger charge is -2.30. The highest BCUT2D eigenvalue weighted by atomic mass is 32.2. The van der Waals surface area contributed by atoms with Gasteiger partial charge in [-0.15, -0.1) is 0 Å². The van der Waals surface area contributed by atoms with E-state index in [1.165, 1.54) is 4.31 Å². The standard InChI is InChI=1S/C17H25N3O3S/c1-13(21)19-9-6-14-4-5-17(11-15(14)7-10-19)24(22,23)20-8-2-3-16(18)12-20/h4-5,11,16H,2-3,6-10,12,18H2,1H3. The van der Waals surface area contributed by atoms with Crippen LogP contribution in [0.25, 0.3) is 0 Å². The summed E-state index contributed by atoms with van der Waals surface area (Å²) in [7, 11) is -3.50. The van der Waals surface area contributed by atoms with Crippen LogP contribution in [0, 0.1) is 0 Å². The molecule has 1 amide bonds.